The number of hydrogen-bond donors (Lipinski definition) is 2. The van der Waals surface area contributed by atoms with Crippen LogP contribution < -0.4 is 10.1 Å². The molecule has 1 atom stereocenters. The normalized spacial score (nSPS) is 16.2. The van der Waals surface area contributed by atoms with Gasteiger partial charge in [0.05, 0.1) is 5.56 Å². The standard InChI is InChI=1S/C14H17F3N2O3/c15-14(16,17)8-22-12-4-3-10(7-18-12)13(21)19-11(5-6-20)9-1-2-9/h3-4,7,9,11,20H,1-2,5-6,8H2,(H,19,21). The molecule has 0 saturated heterocycles. The van der Waals surface area contributed by atoms with Gasteiger partial charge in [-0.05, 0) is 31.2 Å². The molecule has 0 aliphatic heterocycles. The van der Waals surface area contributed by atoms with E-state index >= 15 is 0 Å². The number of pyridine rings is 1. The Kier molecular flexibility index (Phi) is 5.23. The van der Waals surface area contributed by atoms with Crippen molar-refractivity contribution in [2.24, 2.45) is 5.92 Å². The first kappa shape index (κ1) is 16.5. The quantitative estimate of drug-likeness (QED) is 0.806. The summed E-state index contributed by atoms with van der Waals surface area (Å²) in [4.78, 5) is 15.7. The third kappa shape index (κ3) is 5.18. The van der Waals surface area contributed by atoms with Crippen molar-refractivity contribution >= 4 is 5.91 Å². The van der Waals surface area contributed by atoms with Crippen LogP contribution in [0.3, 0.4) is 0 Å². The maximum atomic E-state index is 12.0. The molecule has 2 N–H and O–H groups in total. The Balaban J connectivity index is 1.90. The fraction of sp³-hybridized carbons (Fsp3) is 0.571. The fourth-order valence-corrected chi connectivity index (χ4v) is 2.07. The largest absolute Gasteiger partial charge is 0.468 e. The molecule has 1 aliphatic carbocycles. The first-order valence-corrected chi connectivity index (χ1v) is 6.96. The highest BCUT2D eigenvalue weighted by Crippen LogP contribution is 2.34. The summed E-state index contributed by atoms with van der Waals surface area (Å²) in [6.45, 7) is -1.43. The molecule has 0 aromatic carbocycles. The summed E-state index contributed by atoms with van der Waals surface area (Å²) in [5.41, 5.74) is 0.239. The zero-order chi connectivity index (χ0) is 16.2. The van der Waals surface area contributed by atoms with E-state index in [0.29, 0.717) is 12.3 Å². The average Bonchev–Trinajstić information content (AvgIpc) is 3.29. The molecule has 1 amide bonds. The molecule has 0 radical (unpaired) electrons. The molecule has 0 spiro atoms. The Hall–Kier alpha value is -1.83. The van der Waals surface area contributed by atoms with Crippen LogP contribution in [0.15, 0.2) is 18.3 Å². The summed E-state index contributed by atoms with van der Waals surface area (Å²) in [6, 6.07) is 2.49. The van der Waals surface area contributed by atoms with Gasteiger partial charge in [0, 0.05) is 24.9 Å². The summed E-state index contributed by atoms with van der Waals surface area (Å²) >= 11 is 0. The van der Waals surface area contributed by atoms with E-state index in [1.807, 2.05) is 0 Å². The van der Waals surface area contributed by atoms with E-state index in [2.05, 4.69) is 15.0 Å². The number of ether oxygens (including phenoxy) is 1. The maximum absolute atomic E-state index is 12.0. The van der Waals surface area contributed by atoms with Gasteiger partial charge in [0.2, 0.25) is 5.88 Å². The number of aliphatic hydroxyl groups excluding tert-OH is 1. The van der Waals surface area contributed by atoms with Gasteiger partial charge in [0.1, 0.15) is 0 Å². The Morgan fingerprint density at radius 1 is 1.45 bits per heavy atom. The Morgan fingerprint density at radius 3 is 2.68 bits per heavy atom. The molecule has 0 bridgehead atoms. The molecule has 8 heteroatoms. The molecule has 1 aliphatic rings. The van der Waals surface area contributed by atoms with Crippen molar-refractivity contribution in [1.29, 1.82) is 0 Å². The van der Waals surface area contributed by atoms with Crippen LogP contribution in [0, 0.1) is 5.92 Å². The Morgan fingerprint density at radius 2 is 2.18 bits per heavy atom. The number of nitrogens with zero attached hydrogens (tertiary/aromatic N) is 1. The van der Waals surface area contributed by atoms with Gasteiger partial charge in [0.15, 0.2) is 6.61 Å². The molecule has 22 heavy (non-hydrogen) atoms. The van der Waals surface area contributed by atoms with Gasteiger partial charge in [-0.25, -0.2) is 4.98 Å². The van der Waals surface area contributed by atoms with Gasteiger partial charge in [0.25, 0.3) is 5.91 Å². The van der Waals surface area contributed by atoms with E-state index in [1.54, 1.807) is 0 Å². The minimum absolute atomic E-state index is 0.0100. The number of carbonyl (C=O) groups excluding carboxylic acids is 1. The molecular weight excluding hydrogens is 301 g/mol. The van der Waals surface area contributed by atoms with Gasteiger partial charge >= 0.3 is 6.18 Å². The van der Waals surface area contributed by atoms with Crippen molar-refractivity contribution in [2.45, 2.75) is 31.5 Å². The maximum Gasteiger partial charge on any atom is 0.422 e. The number of aliphatic hydroxyl groups is 1. The molecule has 122 valence electrons. The highest BCUT2D eigenvalue weighted by molar-refractivity contribution is 5.94. The monoisotopic (exact) mass is 318 g/mol. The van der Waals surface area contributed by atoms with Gasteiger partial charge in [-0.15, -0.1) is 0 Å². The molecule has 1 aromatic heterocycles. The van der Waals surface area contributed by atoms with Crippen LogP contribution in [0.4, 0.5) is 13.2 Å². The molecule has 1 saturated carbocycles. The first-order chi connectivity index (χ1) is 10.4. The van der Waals surface area contributed by atoms with E-state index in [9.17, 15) is 18.0 Å². The van der Waals surface area contributed by atoms with Gasteiger partial charge in [-0.1, -0.05) is 0 Å². The van der Waals surface area contributed by atoms with Crippen molar-refractivity contribution < 1.29 is 27.8 Å². The molecular formula is C14H17F3N2O3. The van der Waals surface area contributed by atoms with Crippen LogP contribution in [0.5, 0.6) is 5.88 Å². The topological polar surface area (TPSA) is 71.5 Å². The zero-order valence-electron chi connectivity index (χ0n) is 11.8. The van der Waals surface area contributed by atoms with Gasteiger partial charge in [-0.2, -0.15) is 13.2 Å². The van der Waals surface area contributed by atoms with E-state index in [0.717, 1.165) is 12.8 Å². The third-order valence-electron chi connectivity index (χ3n) is 3.33. The van der Waals surface area contributed by atoms with Crippen molar-refractivity contribution in [3.05, 3.63) is 23.9 Å². The van der Waals surface area contributed by atoms with Crippen LogP contribution in [-0.4, -0.2) is 41.4 Å². The number of hydrogen-bond acceptors (Lipinski definition) is 4. The van der Waals surface area contributed by atoms with Gasteiger partial charge in [-0.3, -0.25) is 4.79 Å². The number of nitrogens with one attached hydrogen (secondary N) is 1. The lowest BCUT2D eigenvalue weighted by Crippen LogP contribution is -2.37. The van der Waals surface area contributed by atoms with Crippen LogP contribution in [0.1, 0.15) is 29.6 Å². The minimum atomic E-state index is -4.43. The average molecular weight is 318 g/mol. The number of rotatable bonds is 7. The summed E-state index contributed by atoms with van der Waals surface area (Å²) < 4.78 is 40.5. The van der Waals surface area contributed by atoms with Crippen molar-refractivity contribution in [3.8, 4) is 5.88 Å². The number of amides is 1. The second kappa shape index (κ2) is 6.95. The number of halogens is 3. The van der Waals surface area contributed by atoms with Crippen molar-refractivity contribution in [2.75, 3.05) is 13.2 Å². The van der Waals surface area contributed by atoms with E-state index in [1.165, 1.54) is 18.3 Å². The summed E-state index contributed by atoms with van der Waals surface area (Å²) in [6.07, 6.45) is -0.735. The molecule has 1 heterocycles. The summed E-state index contributed by atoms with van der Waals surface area (Å²) in [5.74, 6) is -0.165. The number of alkyl halides is 3. The lowest BCUT2D eigenvalue weighted by molar-refractivity contribution is -0.154. The van der Waals surface area contributed by atoms with Crippen LogP contribution in [-0.2, 0) is 0 Å². The minimum Gasteiger partial charge on any atom is -0.468 e. The predicted molar refractivity (Wildman–Crippen MR) is 71.5 cm³/mol. The highest BCUT2D eigenvalue weighted by atomic mass is 19.4. The number of aromatic nitrogens is 1. The fourth-order valence-electron chi connectivity index (χ4n) is 2.07. The molecule has 2 rings (SSSR count). The van der Waals surface area contributed by atoms with Gasteiger partial charge < -0.3 is 15.2 Å². The third-order valence-corrected chi connectivity index (χ3v) is 3.33. The van der Waals surface area contributed by atoms with Crippen molar-refractivity contribution in [1.82, 2.24) is 10.3 Å². The molecule has 1 fully saturated rings. The number of carbonyl (C=O) groups is 1. The SMILES string of the molecule is O=C(NC(CCO)C1CC1)c1ccc(OCC(F)(F)F)nc1. The Bertz CT molecular complexity index is 501. The van der Waals surface area contributed by atoms with Crippen LogP contribution in [0.2, 0.25) is 0 Å². The van der Waals surface area contributed by atoms with Crippen molar-refractivity contribution in [3.63, 3.8) is 0 Å². The van der Waals surface area contributed by atoms with Crippen LogP contribution >= 0.6 is 0 Å². The van der Waals surface area contributed by atoms with E-state index in [4.69, 9.17) is 5.11 Å². The second-order valence-corrected chi connectivity index (χ2v) is 5.22. The molecule has 1 unspecified atom stereocenters. The lowest BCUT2D eigenvalue weighted by Gasteiger charge is -2.17. The zero-order valence-corrected chi connectivity index (χ0v) is 11.8. The first-order valence-electron chi connectivity index (χ1n) is 6.96. The summed E-state index contributed by atoms with van der Waals surface area (Å²) in [7, 11) is 0. The van der Waals surface area contributed by atoms with E-state index < -0.39 is 12.8 Å². The highest BCUT2D eigenvalue weighted by Gasteiger charge is 2.32. The van der Waals surface area contributed by atoms with E-state index in [-0.39, 0.29) is 30.0 Å². The Labute approximate surface area is 125 Å². The predicted octanol–water partition coefficient (Wildman–Crippen LogP) is 1.91. The second-order valence-electron chi connectivity index (χ2n) is 5.22. The summed E-state index contributed by atoms with van der Waals surface area (Å²) in [5, 5.41) is 11.8. The van der Waals surface area contributed by atoms with Crippen LogP contribution in [0.25, 0.3) is 0 Å². The smallest absolute Gasteiger partial charge is 0.422 e. The molecule has 5 nitrogen and oxygen atoms in total. The molecule has 1 aromatic rings. The lowest BCUT2D eigenvalue weighted by atomic mass is 10.1.